The van der Waals surface area contributed by atoms with Crippen molar-refractivity contribution in [2.45, 2.75) is 6.18 Å². The van der Waals surface area contributed by atoms with E-state index < -0.39 is 17.3 Å². The fraction of sp³-hybridized carbons (Fsp3) is 0.0556. The number of aromatic nitrogens is 4. The highest BCUT2D eigenvalue weighted by atomic mass is 19.4. The minimum atomic E-state index is -4.47. The van der Waals surface area contributed by atoms with Gasteiger partial charge in [-0.2, -0.15) is 18.3 Å². The molecule has 0 unspecified atom stereocenters. The summed E-state index contributed by atoms with van der Waals surface area (Å²) in [5.74, 6) is 0.157. The van der Waals surface area contributed by atoms with Crippen molar-refractivity contribution in [3.63, 3.8) is 0 Å². The molecule has 1 aromatic carbocycles. The van der Waals surface area contributed by atoms with Crippen molar-refractivity contribution in [3.05, 3.63) is 70.9 Å². The third-order valence-corrected chi connectivity index (χ3v) is 4.00. The second-order valence-electron chi connectivity index (χ2n) is 5.82. The molecule has 4 rings (SSSR count). The number of nitrogens with zero attached hydrogens (tertiary/aromatic N) is 2. The Kier molecular flexibility index (Phi) is 3.91. The molecule has 0 aliphatic heterocycles. The molecule has 0 aliphatic rings. The number of benzene rings is 1. The highest BCUT2D eigenvalue weighted by Gasteiger charge is 2.30. The molecule has 3 heterocycles. The molecule has 0 saturated carbocycles. The van der Waals surface area contributed by atoms with Gasteiger partial charge in [-0.25, -0.2) is 4.98 Å². The minimum absolute atomic E-state index is 0.157. The van der Waals surface area contributed by atoms with Crippen LogP contribution in [-0.2, 0) is 6.18 Å². The van der Waals surface area contributed by atoms with Crippen molar-refractivity contribution in [2.75, 3.05) is 5.32 Å². The summed E-state index contributed by atoms with van der Waals surface area (Å²) in [4.78, 5) is 19.3. The lowest BCUT2D eigenvalue weighted by atomic mass is 10.1. The van der Waals surface area contributed by atoms with Crippen LogP contribution in [0.5, 0.6) is 0 Å². The van der Waals surface area contributed by atoms with Crippen molar-refractivity contribution in [2.24, 2.45) is 0 Å². The molecule has 0 spiro atoms. The molecular formula is C18H12F3N5O. The van der Waals surface area contributed by atoms with E-state index in [1.54, 1.807) is 24.5 Å². The number of hydrogen-bond acceptors (Lipinski definition) is 4. The number of anilines is 2. The van der Waals surface area contributed by atoms with Crippen molar-refractivity contribution in [1.82, 2.24) is 20.2 Å². The zero-order valence-electron chi connectivity index (χ0n) is 13.6. The third-order valence-electron chi connectivity index (χ3n) is 4.00. The molecule has 3 aromatic heterocycles. The van der Waals surface area contributed by atoms with Crippen LogP contribution in [-0.4, -0.2) is 20.2 Å². The van der Waals surface area contributed by atoms with Gasteiger partial charge in [-0.1, -0.05) is 6.07 Å². The van der Waals surface area contributed by atoms with Gasteiger partial charge in [0, 0.05) is 23.6 Å². The first-order valence-electron chi connectivity index (χ1n) is 7.88. The van der Waals surface area contributed by atoms with E-state index in [9.17, 15) is 18.0 Å². The summed E-state index contributed by atoms with van der Waals surface area (Å²) in [6.45, 7) is 0. The molecule has 4 aromatic rings. The summed E-state index contributed by atoms with van der Waals surface area (Å²) in [5.41, 5.74) is 0.191. The molecular weight excluding hydrogens is 359 g/mol. The normalized spacial score (nSPS) is 11.7. The molecule has 0 radical (unpaired) electrons. The van der Waals surface area contributed by atoms with Crippen molar-refractivity contribution in [1.29, 1.82) is 0 Å². The average molecular weight is 371 g/mol. The zero-order valence-corrected chi connectivity index (χ0v) is 13.6. The summed E-state index contributed by atoms with van der Waals surface area (Å²) in [6, 6.07) is 8.12. The Morgan fingerprint density at radius 2 is 1.96 bits per heavy atom. The lowest BCUT2D eigenvalue weighted by Gasteiger charge is -2.12. The molecule has 0 saturated heterocycles. The van der Waals surface area contributed by atoms with Gasteiger partial charge in [-0.3, -0.25) is 9.89 Å². The van der Waals surface area contributed by atoms with Crippen LogP contribution in [0.25, 0.3) is 22.0 Å². The maximum Gasteiger partial charge on any atom is 0.416 e. The Morgan fingerprint density at radius 1 is 1.11 bits per heavy atom. The maximum absolute atomic E-state index is 13.0. The molecule has 27 heavy (non-hydrogen) atoms. The van der Waals surface area contributed by atoms with Gasteiger partial charge in [0.05, 0.1) is 22.8 Å². The number of aromatic amines is 2. The Balaban J connectivity index is 1.87. The van der Waals surface area contributed by atoms with E-state index in [1.165, 1.54) is 18.3 Å². The fourth-order valence-electron chi connectivity index (χ4n) is 2.75. The van der Waals surface area contributed by atoms with Gasteiger partial charge in [0.15, 0.2) is 0 Å². The Morgan fingerprint density at radius 3 is 2.70 bits per heavy atom. The standard InChI is InChI=1S/C18H12F3N5O/c19-18(20,21)12-2-1-3-13(7-12)25-16-15-10(4-5-22-17(15)27)6-14(26-16)11-8-23-24-9-11/h1-9H,(H,22,27)(H,23,24)(H,25,26). The van der Waals surface area contributed by atoms with E-state index in [-0.39, 0.29) is 16.9 Å². The van der Waals surface area contributed by atoms with Gasteiger partial charge >= 0.3 is 6.18 Å². The van der Waals surface area contributed by atoms with Crippen LogP contribution in [0.3, 0.4) is 0 Å². The largest absolute Gasteiger partial charge is 0.416 e. The second-order valence-corrected chi connectivity index (χ2v) is 5.82. The molecule has 9 heteroatoms. The lowest BCUT2D eigenvalue weighted by Crippen LogP contribution is -2.10. The smallest absolute Gasteiger partial charge is 0.340 e. The van der Waals surface area contributed by atoms with Gasteiger partial charge in [0.2, 0.25) is 0 Å². The number of H-pyrrole nitrogens is 2. The van der Waals surface area contributed by atoms with E-state index in [1.807, 2.05) is 0 Å². The van der Waals surface area contributed by atoms with Crippen LogP contribution in [0, 0.1) is 0 Å². The molecule has 0 aliphatic carbocycles. The van der Waals surface area contributed by atoms with Crippen LogP contribution in [0.2, 0.25) is 0 Å². The van der Waals surface area contributed by atoms with Crippen molar-refractivity contribution >= 4 is 22.3 Å². The van der Waals surface area contributed by atoms with Gasteiger partial charge in [-0.15, -0.1) is 0 Å². The van der Waals surface area contributed by atoms with Gasteiger partial charge in [0.1, 0.15) is 5.82 Å². The topological polar surface area (TPSA) is 86.5 Å². The Bertz CT molecular complexity index is 1170. The molecule has 6 nitrogen and oxygen atoms in total. The Labute approximate surface area is 150 Å². The fourth-order valence-corrected chi connectivity index (χ4v) is 2.75. The summed E-state index contributed by atoms with van der Waals surface area (Å²) in [6.07, 6.45) is 0.228. The number of nitrogens with one attached hydrogen (secondary N) is 3. The summed E-state index contributed by atoms with van der Waals surface area (Å²) < 4.78 is 38.9. The predicted molar refractivity (Wildman–Crippen MR) is 94.7 cm³/mol. The summed E-state index contributed by atoms with van der Waals surface area (Å²) in [5, 5.41) is 10.2. The number of hydrogen-bond donors (Lipinski definition) is 3. The lowest BCUT2D eigenvalue weighted by molar-refractivity contribution is -0.137. The minimum Gasteiger partial charge on any atom is -0.340 e. The zero-order chi connectivity index (χ0) is 19.0. The number of fused-ring (bicyclic) bond motifs is 1. The van der Waals surface area contributed by atoms with Crippen LogP contribution in [0.15, 0.2) is 59.8 Å². The monoisotopic (exact) mass is 371 g/mol. The molecule has 0 atom stereocenters. The van der Waals surface area contributed by atoms with E-state index in [2.05, 4.69) is 25.5 Å². The SMILES string of the molecule is O=c1[nH]ccc2cc(-c3cn[nH]c3)nc(Nc3cccc(C(F)(F)F)c3)c12. The molecule has 136 valence electrons. The molecule has 3 N–H and O–H groups in total. The third kappa shape index (κ3) is 3.26. The van der Waals surface area contributed by atoms with E-state index in [0.717, 1.165) is 12.1 Å². The van der Waals surface area contributed by atoms with E-state index in [4.69, 9.17) is 0 Å². The number of pyridine rings is 2. The number of rotatable bonds is 3. The van der Waals surface area contributed by atoms with Crippen LogP contribution >= 0.6 is 0 Å². The van der Waals surface area contributed by atoms with Crippen LogP contribution in [0.1, 0.15) is 5.56 Å². The van der Waals surface area contributed by atoms with E-state index >= 15 is 0 Å². The van der Waals surface area contributed by atoms with Crippen LogP contribution in [0.4, 0.5) is 24.7 Å². The van der Waals surface area contributed by atoms with E-state index in [0.29, 0.717) is 16.6 Å². The van der Waals surface area contributed by atoms with Crippen LogP contribution < -0.4 is 10.9 Å². The second kappa shape index (κ2) is 6.27. The predicted octanol–water partition coefficient (Wildman–Crippen LogP) is 4.08. The summed E-state index contributed by atoms with van der Waals surface area (Å²) in [7, 11) is 0. The molecule has 0 fully saturated rings. The summed E-state index contributed by atoms with van der Waals surface area (Å²) >= 11 is 0. The number of halogens is 3. The molecule has 0 amide bonds. The van der Waals surface area contributed by atoms with Gasteiger partial charge in [-0.05, 0) is 35.7 Å². The highest BCUT2D eigenvalue weighted by molar-refractivity contribution is 5.95. The first-order chi connectivity index (χ1) is 12.9. The molecule has 0 bridgehead atoms. The van der Waals surface area contributed by atoms with Crippen molar-refractivity contribution < 1.29 is 13.2 Å². The quantitative estimate of drug-likeness (QED) is 0.507. The average Bonchev–Trinajstić information content (AvgIpc) is 3.16. The first-order valence-corrected chi connectivity index (χ1v) is 7.88. The van der Waals surface area contributed by atoms with Gasteiger partial charge in [0.25, 0.3) is 5.56 Å². The van der Waals surface area contributed by atoms with Crippen molar-refractivity contribution in [3.8, 4) is 11.3 Å². The Hall–Kier alpha value is -3.62. The van der Waals surface area contributed by atoms with Gasteiger partial charge < -0.3 is 10.3 Å². The number of alkyl halides is 3. The first kappa shape index (κ1) is 16.8. The highest BCUT2D eigenvalue weighted by Crippen LogP contribution is 2.32. The maximum atomic E-state index is 13.0.